The summed E-state index contributed by atoms with van der Waals surface area (Å²) in [5.74, 6) is 0. The summed E-state index contributed by atoms with van der Waals surface area (Å²) in [4.78, 5) is 0. The van der Waals surface area contributed by atoms with E-state index in [4.69, 9.17) is 4.74 Å². The van der Waals surface area contributed by atoms with E-state index in [1.807, 2.05) is 7.05 Å². The molecular formula is C9H22N2O. The largest absolute Gasteiger partial charge is 0.380 e. The molecule has 0 bridgehead atoms. The molecule has 2 N–H and O–H groups in total. The predicted molar refractivity (Wildman–Crippen MR) is 52.5 cm³/mol. The molecule has 0 aliphatic carbocycles. The summed E-state index contributed by atoms with van der Waals surface area (Å²) in [5.41, 5.74) is 0. The zero-order valence-corrected chi connectivity index (χ0v) is 8.36. The van der Waals surface area contributed by atoms with Crippen molar-refractivity contribution in [2.45, 2.75) is 19.8 Å². The number of rotatable bonds is 9. The fraction of sp³-hybridized carbons (Fsp3) is 1.00. The molecule has 0 fully saturated rings. The van der Waals surface area contributed by atoms with Gasteiger partial charge in [0.2, 0.25) is 0 Å². The Morgan fingerprint density at radius 2 is 1.92 bits per heavy atom. The molecule has 0 heterocycles. The van der Waals surface area contributed by atoms with Crippen LogP contribution in [0.2, 0.25) is 0 Å². The van der Waals surface area contributed by atoms with E-state index >= 15 is 0 Å². The van der Waals surface area contributed by atoms with Gasteiger partial charge in [-0.3, -0.25) is 0 Å². The van der Waals surface area contributed by atoms with Gasteiger partial charge < -0.3 is 15.4 Å². The lowest BCUT2D eigenvalue weighted by atomic mass is 10.4. The quantitative estimate of drug-likeness (QED) is 0.503. The third kappa shape index (κ3) is 9.88. The van der Waals surface area contributed by atoms with Crippen molar-refractivity contribution < 1.29 is 4.74 Å². The van der Waals surface area contributed by atoms with Crippen molar-refractivity contribution in [2.75, 3.05) is 39.9 Å². The van der Waals surface area contributed by atoms with Gasteiger partial charge in [-0.05, 0) is 33.0 Å². The van der Waals surface area contributed by atoms with Crippen LogP contribution >= 0.6 is 0 Å². The maximum atomic E-state index is 5.31. The number of ether oxygens (including phenoxy) is 1. The fourth-order valence-corrected chi connectivity index (χ4v) is 0.906. The van der Waals surface area contributed by atoms with E-state index in [2.05, 4.69) is 17.6 Å². The second-order valence-electron chi connectivity index (χ2n) is 2.82. The molecular weight excluding hydrogens is 152 g/mol. The smallest absolute Gasteiger partial charge is 0.0590 e. The molecule has 0 rings (SSSR count). The zero-order valence-electron chi connectivity index (χ0n) is 8.36. The minimum absolute atomic E-state index is 0.841. The van der Waals surface area contributed by atoms with Crippen LogP contribution in [0.5, 0.6) is 0 Å². The van der Waals surface area contributed by atoms with Gasteiger partial charge in [0.05, 0.1) is 6.61 Å². The van der Waals surface area contributed by atoms with Gasteiger partial charge in [-0.25, -0.2) is 0 Å². The highest BCUT2D eigenvalue weighted by Gasteiger charge is 1.87. The Hall–Kier alpha value is -0.120. The summed E-state index contributed by atoms with van der Waals surface area (Å²) in [6.45, 7) is 6.99. The molecule has 12 heavy (non-hydrogen) atoms. The maximum absolute atomic E-state index is 5.31. The molecule has 74 valence electrons. The summed E-state index contributed by atoms with van der Waals surface area (Å²) in [5, 5.41) is 6.42. The molecule has 0 aromatic carbocycles. The standard InChI is InChI=1S/C9H22N2O/c1-3-8-12-9-7-11-6-4-5-10-2/h10-11H,3-9H2,1-2H3. The summed E-state index contributed by atoms with van der Waals surface area (Å²) >= 11 is 0. The van der Waals surface area contributed by atoms with Crippen LogP contribution in [-0.2, 0) is 4.74 Å². The first-order valence-electron chi connectivity index (χ1n) is 4.85. The average Bonchev–Trinajstić information content (AvgIpc) is 2.10. The highest BCUT2D eigenvalue weighted by Crippen LogP contribution is 1.78. The summed E-state index contributed by atoms with van der Waals surface area (Å²) < 4.78 is 5.31. The molecule has 0 atom stereocenters. The van der Waals surface area contributed by atoms with Gasteiger partial charge in [-0.2, -0.15) is 0 Å². The Bertz CT molecular complexity index is 68.9. The minimum atomic E-state index is 0.841. The molecule has 0 radical (unpaired) electrons. The molecule has 0 unspecified atom stereocenters. The van der Waals surface area contributed by atoms with E-state index in [0.29, 0.717) is 0 Å². The Morgan fingerprint density at radius 1 is 1.08 bits per heavy atom. The van der Waals surface area contributed by atoms with Crippen molar-refractivity contribution in [2.24, 2.45) is 0 Å². The van der Waals surface area contributed by atoms with Crippen LogP contribution < -0.4 is 10.6 Å². The zero-order chi connectivity index (χ0) is 9.07. The molecule has 0 saturated heterocycles. The maximum Gasteiger partial charge on any atom is 0.0590 e. The first-order chi connectivity index (χ1) is 5.91. The highest BCUT2D eigenvalue weighted by molar-refractivity contribution is 4.48. The lowest BCUT2D eigenvalue weighted by Gasteiger charge is -2.04. The van der Waals surface area contributed by atoms with Gasteiger partial charge in [0, 0.05) is 13.2 Å². The lowest BCUT2D eigenvalue weighted by Crippen LogP contribution is -2.23. The fourth-order valence-electron chi connectivity index (χ4n) is 0.906. The highest BCUT2D eigenvalue weighted by atomic mass is 16.5. The van der Waals surface area contributed by atoms with E-state index < -0.39 is 0 Å². The van der Waals surface area contributed by atoms with Gasteiger partial charge in [0.1, 0.15) is 0 Å². The molecule has 3 nitrogen and oxygen atoms in total. The van der Waals surface area contributed by atoms with Crippen molar-refractivity contribution in [1.29, 1.82) is 0 Å². The normalized spacial score (nSPS) is 10.5. The SMILES string of the molecule is CCCOCCNCCCNC. The van der Waals surface area contributed by atoms with Crippen LogP contribution in [0.4, 0.5) is 0 Å². The summed E-state index contributed by atoms with van der Waals surface area (Å²) in [7, 11) is 1.98. The molecule has 0 aliphatic heterocycles. The van der Waals surface area contributed by atoms with Gasteiger partial charge in [-0.15, -0.1) is 0 Å². The third-order valence-electron chi connectivity index (χ3n) is 1.55. The van der Waals surface area contributed by atoms with Gasteiger partial charge in [0.15, 0.2) is 0 Å². The van der Waals surface area contributed by atoms with Crippen molar-refractivity contribution in [3.8, 4) is 0 Å². The van der Waals surface area contributed by atoms with Crippen molar-refractivity contribution in [3.63, 3.8) is 0 Å². The Balaban J connectivity index is 2.73. The van der Waals surface area contributed by atoms with E-state index in [9.17, 15) is 0 Å². The van der Waals surface area contributed by atoms with Crippen LogP contribution in [0, 0.1) is 0 Å². The van der Waals surface area contributed by atoms with Gasteiger partial charge in [0.25, 0.3) is 0 Å². The topological polar surface area (TPSA) is 33.3 Å². The third-order valence-corrected chi connectivity index (χ3v) is 1.55. The van der Waals surface area contributed by atoms with Crippen LogP contribution in [0.15, 0.2) is 0 Å². The predicted octanol–water partition coefficient (Wildman–Crippen LogP) is 0.612. The number of hydrogen-bond donors (Lipinski definition) is 2. The number of hydrogen-bond acceptors (Lipinski definition) is 3. The van der Waals surface area contributed by atoms with Crippen molar-refractivity contribution in [1.82, 2.24) is 10.6 Å². The first kappa shape index (κ1) is 11.9. The Kier molecular flexibility index (Phi) is 10.8. The minimum Gasteiger partial charge on any atom is -0.380 e. The van der Waals surface area contributed by atoms with Crippen molar-refractivity contribution in [3.05, 3.63) is 0 Å². The lowest BCUT2D eigenvalue weighted by molar-refractivity contribution is 0.136. The van der Waals surface area contributed by atoms with E-state index in [0.717, 1.165) is 39.3 Å². The summed E-state index contributed by atoms with van der Waals surface area (Å²) in [6.07, 6.45) is 2.30. The van der Waals surface area contributed by atoms with E-state index in [1.54, 1.807) is 0 Å². The Labute approximate surface area is 75.9 Å². The summed E-state index contributed by atoms with van der Waals surface area (Å²) in [6, 6.07) is 0. The first-order valence-corrected chi connectivity index (χ1v) is 4.85. The van der Waals surface area contributed by atoms with Gasteiger partial charge in [-0.1, -0.05) is 6.92 Å². The van der Waals surface area contributed by atoms with Crippen LogP contribution in [0.25, 0.3) is 0 Å². The molecule has 0 aromatic heterocycles. The molecule has 0 spiro atoms. The molecule has 0 aromatic rings. The monoisotopic (exact) mass is 174 g/mol. The second-order valence-corrected chi connectivity index (χ2v) is 2.82. The Morgan fingerprint density at radius 3 is 2.58 bits per heavy atom. The molecule has 3 heteroatoms. The van der Waals surface area contributed by atoms with E-state index in [-0.39, 0.29) is 0 Å². The van der Waals surface area contributed by atoms with E-state index in [1.165, 1.54) is 6.42 Å². The number of nitrogens with one attached hydrogen (secondary N) is 2. The molecule has 0 amide bonds. The molecule has 0 aliphatic rings. The molecule has 0 saturated carbocycles. The van der Waals surface area contributed by atoms with Crippen LogP contribution in [0.3, 0.4) is 0 Å². The van der Waals surface area contributed by atoms with Crippen LogP contribution in [0.1, 0.15) is 19.8 Å². The average molecular weight is 174 g/mol. The van der Waals surface area contributed by atoms with Gasteiger partial charge >= 0.3 is 0 Å². The van der Waals surface area contributed by atoms with Crippen molar-refractivity contribution >= 4 is 0 Å². The van der Waals surface area contributed by atoms with Crippen LogP contribution in [-0.4, -0.2) is 39.9 Å². The second kappa shape index (κ2) is 10.9.